The number of tetrazole rings is 1. The molecule has 16 heavy (non-hydrogen) atoms. The van der Waals surface area contributed by atoms with Crippen LogP contribution in [-0.4, -0.2) is 32.6 Å². The maximum atomic E-state index is 11.7. The van der Waals surface area contributed by atoms with E-state index in [2.05, 4.69) is 25.9 Å². The summed E-state index contributed by atoms with van der Waals surface area (Å²) in [5.74, 6) is 0.411. The molecule has 0 saturated carbocycles. The van der Waals surface area contributed by atoms with Crippen LogP contribution in [0.2, 0.25) is 0 Å². The van der Waals surface area contributed by atoms with Crippen molar-refractivity contribution >= 4 is 5.91 Å². The summed E-state index contributed by atoms with van der Waals surface area (Å²) in [4.78, 5) is 11.7. The van der Waals surface area contributed by atoms with Crippen LogP contribution in [0, 0.1) is 5.92 Å². The van der Waals surface area contributed by atoms with Gasteiger partial charge in [0, 0.05) is 0 Å². The first kappa shape index (κ1) is 12.6. The van der Waals surface area contributed by atoms with E-state index in [9.17, 15) is 4.79 Å². The van der Waals surface area contributed by atoms with Crippen LogP contribution in [0.25, 0.3) is 0 Å². The standard InChI is InChI=1S/C9H18N6O/c1-4-5(2)7(10)9(16)11-6(3)8-12-14-15-13-8/h5-7H,4,10H2,1-3H3,(H,11,16)(H,12,13,14,15)/t5?,6?,7-/m0/s1. The van der Waals surface area contributed by atoms with E-state index in [1.165, 1.54) is 0 Å². The number of carbonyl (C=O) groups is 1. The molecule has 2 unspecified atom stereocenters. The fourth-order valence-corrected chi connectivity index (χ4v) is 1.24. The Hall–Kier alpha value is -1.50. The molecule has 3 atom stereocenters. The molecular formula is C9H18N6O. The Bertz CT molecular complexity index is 325. The second-order valence-corrected chi connectivity index (χ2v) is 3.91. The summed E-state index contributed by atoms with van der Waals surface area (Å²) < 4.78 is 0. The van der Waals surface area contributed by atoms with Crippen LogP contribution < -0.4 is 11.1 Å². The maximum Gasteiger partial charge on any atom is 0.237 e. The molecule has 7 heteroatoms. The third kappa shape index (κ3) is 2.99. The van der Waals surface area contributed by atoms with E-state index in [4.69, 9.17) is 5.73 Å². The van der Waals surface area contributed by atoms with Gasteiger partial charge < -0.3 is 11.1 Å². The average molecular weight is 226 g/mol. The van der Waals surface area contributed by atoms with Crippen molar-refractivity contribution in [1.82, 2.24) is 25.9 Å². The normalized spacial score (nSPS) is 16.5. The van der Waals surface area contributed by atoms with Crippen LogP contribution in [0.4, 0.5) is 0 Å². The molecule has 90 valence electrons. The monoisotopic (exact) mass is 226 g/mol. The van der Waals surface area contributed by atoms with E-state index >= 15 is 0 Å². The molecule has 1 rings (SSSR count). The summed E-state index contributed by atoms with van der Waals surface area (Å²) in [7, 11) is 0. The molecule has 7 nitrogen and oxygen atoms in total. The van der Waals surface area contributed by atoms with Crippen LogP contribution in [0.5, 0.6) is 0 Å². The van der Waals surface area contributed by atoms with Crippen molar-refractivity contribution in [3.8, 4) is 0 Å². The van der Waals surface area contributed by atoms with Gasteiger partial charge in [0.05, 0.1) is 12.1 Å². The quantitative estimate of drug-likeness (QED) is 0.641. The lowest BCUT2D eigenvalue weighted by molar-refractivity contribution is -0.124. The number of rotatable bonds is 5. The van der Waals surface area contributed by atoms with Crippen molar-refractivity contribution in [1.29, 1.82) is 0 Å². The Kier molecular flexibility index (Phi) is 4.36. The van der Waals surface area contributed by atoms with Crippen molar-refractivity contribution in [2.24, 2.45) is 11.7 Å². The summed E-state index contributed by atoms with van der Waals surface area (Å²) in [6, 6.07) is -0.791. The summed E-state index contributed by atoms with van der Waals surface area (Å²) in [5.41, 5.74) is 5.80. The second kappa shape index (κ2) is 5.55. The molecule has 0 aliphatic rings. The Morgan fingerprint density at radius 3 is 2.75 bits per heavy atom. The van der Waals surface area contributed by atoms with E-state index < -0.39 is 6.04 Å². The van der Waals surface area contributed by atoms with Gasteiger partial charge in [0.15, 0.2) is 5.82 Å². The van der Waals surface area contributed by atoms with E-state index in [1.807, 2.05) is 13.8 Å². The lowest BCUT2D eigenvalue weighted by Crippen LogP contribution is -2.45. The number of nitrogens with two attached hydrogens (primary N) is 1. The molecule has 0 aliphatic heterocycles. The molecular weight excluding hydrogens is 208 g/mol. The van der Waals surface area contributed by atoms with Crippen molar-refractivity contribution in [2.45, 2.75) is 39.3 Å². The number of hydrogen-bond donors (Lipinski definition) is 3. The van der Waals surface area contributed by atoms with Crippen molar-refractivity contribution in [2.75, 3.05) is 0 Å². The van der Waals surface area contributed by atoms with Crippen LogP contribution in [0.1, 0.15) is 39.1 Å². The molecule has 1 aromatic rings. The van der Waals surface area contributed by atoms with Gasteiger partial charge >= 0.3 is 0 Å². The number of hydrogen-bond acceptors (Lipinski definition) is 5. The molecule has 1 aromatic heterocycles. The average Bonchev–Trinajstić information content (AvgIpc) is 2.80. The third-order valence-corrected chi connectivity index (χ3v) is 2.67. The Balaban J connectivity index is 2.51. The lowest BCUT2D eigenvalue weighted by Gasteiger charge is -2.19. The third-order valence-electron chi connectivity index (χ3n) is 2.67. The molecule has 0 radical (unpaired) electrons. The predicted octanol–water partition coefficient (Wildman–Crippen LogP) is -0.250. The van der Waals surface area contributed by atoms with E-state index in [1.54, 1.807) is 6.92 Å². The summed E-state index contributed by atoms with van der Waals surface area (Å²) in [6.45, 7) is 5.73. The van der Waals surface area contributed by atoms with Gasteiger partial charge in [0.2, 0.25) is 5.91 Å². The SMILES string of the molecule is CCC(C)[C@H](N)C(=O)NC(C)c1nn[nH]n1. The van der Waals surface area contributed by atoms with Crippen LogP contribution in [0.15, 0.2) is 0 Å². The number of nitrogens with zero attached hydrogens (tertiary/aromatic N) is 3. The Labute approximate surface area is 94.2 Å². The molecule has 1 amide bonds. The zero-order valence-corrected chi connectivity index (χ0v) is 9.77. The Morgan fingerprint density at radius 2 is 2.25 bits per heavy atom. The molecule has 1 heterocycles. The van der Waals surface area contributed by atoms with Gasteiger partial charge in [0.1, 0.15) is 0 Å². The fourth-order valence-electron chi connectivity index (χ4n) is 1.24. The van der Waals surface area contributed by atoms with E-state index in [0.29, 0.717) is 5.82 Å². The first-order valence-corrected chi connectivity index (χ1v) is 5.35. The largest absolute Gasteiger partial charge is 0.345 e. The highest BCUT2D eigenvalue weighted by atomic mass is 16.2. The van der Waals surface area contributed by atoms with Gasteiger partial charge in [-0.3, -0.25) is 4.79 Å². The molecule has 4 N–H and O–H groups in total. The topological polar surface area (TPSA) is 110 Å². The van der Waals surface area contributed by atoms with Gasteiger partial charge in [-0.05, 0) is 12.8 Å². The van der Waals surface area contributed by atoms with Crippen LogP contribution >= 0.6 is 0 Å². The lowest BCUT2D eigenvalue weighted by atomic mass is 9.99. The summed E-state index contributed by atoms with van der Waals surface area (Å²) in [6.07, 6.45) is 0.866. The highest BCUT2D eigenvalue weighted by Gasteiger charge is 2.22. The summed E-state index contributed by atoms with van der Waals surface area (Å²) >= 11 is 0. The van der Waals surface area contributed by atoms with Crippen molar-refractivity contribution in [3.63, 3.8) is 0 Å². The number of amides is 1. The van der Waals surface area contributed by atoms with Gasteiger partial charge in [-0.15, -0.1) is 10.2 Å². The molecule has 0 aromatic carbocycles. The Morgan fingerprint density at radius 1 is 1.56 bits per heavy atom. The van der Waals surface area contributed by atoms with Crippen molar-refractivity contribution < 1.29 is 4.79 Å². The zero-order valence-electron chi connectivity index (χ0n) is 9.77. The van der Waals surface area contributed by atoms with Gasteiger partial charge in [-0.1, -0.05) is 25.5 Å². The first-order valence-electron chi connectivity index (χ1n) is 5.35. The predicted molar refractivity (Wildman–Crippen MR) is 58.2 cm³/mol. The number of carbonyl (C=O) groups excluding carboxylic acids is 1. The molecule has 0 bridgehead atoms. The van der Waals surface area contributed by atoms with Crippen molar-refractivity contribution in [3.05, 3.63) is 5.82 Å². The van der Waals surface area contributed by atoms with E-state index in [0.717, 1.165) is 6.42 Å². The molecule has 0 fully saturated rings. The molecule has 0 aliphatic carbocycles. The molecule has 0 spiro atoms. The number of aromatic nitrogens is 4. The number of H-pyrrole nitrogens is 1. The van der Waals surface area contributed by atoms with Crippen LogP contribution in [0.3, 0.4) is 0 Å². The van der Waals surface area contributed by atoms with Gasteiger partial charge in [-0.2, -0.15) is 5.21 Å². The minimum atomic E-state index is -0.501. The first-order chi connectivity index (χ1) is 7.56. The maximum absolute atomic E-state index is 11.7. The smallest absolute Gasteiger partial charge is 0.237 e. The van der Waals surface area contributed by atoms with E-state index in [-0.39, 0.29) is 17.9 Å². The second-order valence-electron chi connectivity index (χ2n) is 3.91. The van der Waals surface area contributed by atoms with Crippen LogP contribution in [-0.2, 0) is 4.79 Å². The zero-order chi connectivity index (χ0) is 12.1. The highest BCUT2D eigenvalue weighted by molar-refractivity contribution is 5.82. The minimum Gasteiger partial charge on any atom is -0.345 e. The molecule has 0 saturated heterocycles. The van der Waals surface area contributed by atoms with Gasteiger partial charge in [-0.25, -0.2) is 0 Å². The highest BCUT2D eigenvalue weighted by Crippen LogP contribution is 2.08. The number of aromatic amines is 1. The number of nitrogens with one attached hydrogen (secondary N) is 2. The minimum absolute atomic E-state index is 0.150. The van der Waals surface area contributed by atoms with Gasteiger partial charge in [0.25, 0.3) is 0 Å². The summed E-state index contributed by atoms with van der Waals surface area (Å²) in [5, 5.41) is 16.1. The fraction of sp³-hybridized carbons (Fsp3) is 0.778.